The fraction of sp³-hybridized carbons (Fsp3) is 0.278. The maximum Gasteiger partial charge on any atom is 0.188 e. The number of carbonyl (C=O) groups is 3. The highest BCUT2D eigenvalue weighted by atomic mass is 35.5. The number of carbonyl (C=O) groups excluding carboxylic acids is 3. The van der Waals surface area contributed by atoms with E-state index < -0.39 is 45.6 Å². The van der Waals surface area contributed by atoms with E-state index in [4.69, 9.17) is 4.74 Å². The second kappa shape index (κ2) is 5.88. The van der Waals surface area contributed by atoms with E-state index >= 15 is 0 Å². The van der Waals surface area contributed by atoms with Crippen molar-refractivity contribution < 1.29 is 34.4 Å². The van der Waals surface area contributed by atoms with Crippen molar-refractivity contribution in [3.05, 3.63) is 39.9 Å². The first-order chi connectivity index (χ1) is 11.5. The molecule has 3 N–H and O–H groups in total. The quantitative estimate of drug-likeness (QED) is 0.532. The summed E-state index contributed by atoms with van der Waals surface area (Å²) in [6.07, 6.45) is 1.12. The lowest BCUT2D eigenvalue weighted by atomic mass is 9.71. The molecule has 1 aromatic rings. The van der Waals surface area contributed by atoms with Crippen molar-refractivity contribution in [2.24, 2.45) is 0 Å². The van der Waals surface area contributed by atoms with E-state index in [2.05, 4.69) is 0 Å². The van der Waals surface area contributed by atoms with Crippen molar-refractivity contribution in [1.82, 2.24) is 0 Å². The van der Waals surface area contributed by atoms with Gasteiger partial charge in [0.25, 0.3) is 0 Å². The third kappa shape index (κ3) is 2.17. The Labute approximate surface area is 155 Å². The van der Waals surface area contributed by atoms with Crippen molar-refractivity contribution in [2.75, 3.05) is 0 Å². The third-order valence-electron chi connectivity index (χ3n) is 4.75. The number of fused-ring (bicyclic) bond motifs is 3. The lowest BCUT2D eigenvalue weighted by Crippen LogP contribution is -2.38. The molecule has 1 aliphatic heterocycles. The third-order valence-corrected chi connectivity index (χ3v) is 4.75. The number of Topliss-reactive ketones (excluding diaryl/α,β-unsaturated/α-hetero) is 3. The van der Waals surface area contributed by atoms with Gasteiger partial charge in [-0.2, -0.15) is 0 Å². The summed E-state index contributed by atoms with van der Waals surface area (Å²) in [6.45, 7) is 5.19. The Morgan fingerprint density at radius 2 is 1.65 bits per heavy atom. The van der Waals surface area contributed by atoms with Gasteiger partial charge in [0.15, 0.2) is 17.3 Å². The fourth-order valence-corrected chi connectivity index (χ4v) is 3.36. The van der Waals surface area contributed by atoms with Gasteiger partial charge in [-0.15, -0.1) is 12.4 Å². The smallest absolute Gasteiger partial charge is 0.188 e. The Hall–Kier alpha value is -2.80. The number of rotatable bonds is 2. The van der Waals surface area contributed by atoms with Gasteiger partial charge in [-0.3, -0.25) is 14.4 Å². The first-order valence-corrected chi connectivity index (χ1v) is 7.52. The van der Waals surface area contributed by atoms with Gasteiger partial charge in [0.2, 0.25) is 0 Å². The molecule has 0 fully saturated rings. The molecule has 138 valence electrons. The van der Waals surface area contributed by atoms with Crippen LogP contribution in [-0.2, 0) is 15.0 Å². The molecule has 2 aliphatic rings. The zero-order valence-electron chi connectivity index (χ0n) is 14.5. The number of halogens is 1. The van der Waals surface area contributed by atoms with Gasteiger partial charge in [0.1, 0.15) is 45.3 Å². The molecule has 0 spiro atoms. The standard InChI is InChI=1S/C18H16O7.ClH/c1-6-14(22)12(8(3)20)16-13(15(6)23)18(4)10(25-16)5-9(21)11(7(2)19)17(18)24;/h5,21-23H,1-4H3;1H. The minimum Gasteiger partial charge on any atom is -0.507 e. The molecule has 1 unspecified atom stereocenters. The van der Waals surface area contributed by atoms with E-state index in [1.165, 1.54) is 20.8 Å². The number of phenolic OH excluding ortho intramolecular Hbond substituents is 2. The number of ketones is 3. The summed E-state index contributed by atoms with van der Waals surface area (Å²) in [4.78, 5) is 36.7. The minimum absolute atomic E-state index is 0. The van der Waals surface area contributed by atoms with Crippen LogP contribution in [0.3, 0.4) is 0 Å². The van der Waals surface area contributed by atoms with Gasteiger partial charge < -0.3 is 20.1 Å². The van der Waals surface area contributed by atoms with E-state index in [1.807, 2.05) is 0 Å². The van der Waals surface area contributed by atoms with E-state index in [0.29, 0.717) is 0 Å². The average Bonchev–Trinajstić information content (AvgIpc) is 2.78. The monoisotopic (exact) mass is 380 g/mol. The molecule has 3 rings (SSSR count). The van der Waals surface area contributed by atoms with E-state index in [1.54, 1.807) is 0 Å². The summed E-state index contributed by atoms with van der Waals surface area (Å²) >= 11 is 0. The zero-order valence-corrected chi connectivity index (χ0v) is 15.3. The van der Waals surface area contributed by atoms with Crippen molar-refractivity contribution in [3.8, 4) is 17.2 Å². The highest BCUT2D eigenvalue weighted by Crippen LogP contribution is 2.57. The van der Waals surface area contributed by atoms with Crippen LogP contribution in [0.5, 0.6) is 17.2 Å². The molecule has 26 heavy (non-hydrogen) atoms. The van der Waals surface area contributed by atoms with Crippen molar-refractivity contribution >= 4 is 29.8 Å². The first-order valence-electron chi connectivity index (χ1n) is 7.52. The molecular formula is C18H17ClO7. The summed E-state index contributed by atoms with van der Waals surface area (Å²) in [5, 5.41) is 30.7. The zero-order chi connectivity index (χ0) is 18.8. The van der Waals surface area contributed by atoms with Gasteiger partial charge in [0.05, 0.1) is 5.56 Å². The molecule has 0 radical (unpaired) electrons. The summed E-state index contributed by atoms with van der Waals surface area (Å²) < 4.78 is 5.59. The molecule has 0 bridgehead atoms. The summed E-state index contributed by atoms with van der Waals surface area (Å²) in [6, 6.07) is 0. The molecule has 1 aromatic carbocycles. The number of aliphatic hydroxyl groups is 1. The molecule has 0 saturated heterocycles. The SMILES string of the molecule is CC(=O)C1=C(O)C=C2Oc3c(C(C)=O)c(O)c(C)c(O)c3C2(C)C1=O.Cl. The topological polar surface area (TPSA) is 121 Å². The largest absolute Gasteiger partial charge is 0.507 e. The number of benzene rings is 1. The lowest BCUT2D eigenvalue weighted by Gasteiger charge is -2.28. The molecule has 1 aliphatic carbocycles. The number of hydrogen-bond donors (Lipinski definition) is 3. The van der Waals surface area contributed by atoms with E-state index in [0.717, 1.165) is 13.0 Å². The van der Waals surface area contributed by atoms with Crippen molar-refractivity contribution in [2.45, 2.75) is 33.1 Å². The normalized spacial score (nSPS) is 20.6. The van der Waals surface area contributed by atoms with Gasteiger partial charge in [-0.05, 0) is 27.7 Å². The summed E-state index contributed by atoms with van der Waals surface area (Å²) in [7, 11) is 0. The summed E-state index contributed by atoms with van der Waals surface area (Å²) in [5.74, 6) is -3.45. The number of hydrogen-bond acceptors (Lipinski definition) is 7. The molecule has 8 heteroatoms. The van der Waals surface area contributed by atoms with Crippen LogP contribution >= 0.6 is 12.4 Å². The van der Waals surface area contributed by atoms with Crippen LogP contribution < -0.4 is 4.74 Å². The molecule has 1 heterocycles. The Morgan fingerprint density at radius 1 is 1.08 bits per heavy atom. The lowest BCUT2D eigenvalue weighted by molar-refractivity contribution is -0.123. The Balaban J connectivity index is 0.00000243. The Bertz CT molecular complexity index is 955. The number of aromatic hydroxyl groups is 2. The highest BCUT2D eigenvalue weighted by Gasteiger charge is 2.55. The number of allylic oxidation sites excluding steroid dienone is 3. The van der Waals surface area contributed by atoms with Crippen molar-refractivity contribution in [1.29, 1.82) is 0 Å². The second-order valence-electron chi connectivity index (χ2n) is 6.34. The van der Waals surface area contributed by atoms with Gasteiger partial charge in [0, 0.05) is 11.6 Å². The molecular weight excluding hydrogens is 364 g/mol. The number of aliphatic hydroxyl groups excluding tert-OH is 1. The van der Waals surface area contributed by atoms with Gasteiger partial charge >= 0.3 is 0 Å². The molecule has 0 aromatic heterocycles. The Morgan fingerprint density at radius 3 is 2.15 bits per heavy atom. The van der Waals surface area contributed by atoms with Gasteiger partial charge in [-0.25, -0.2) is 0 Å². The maximum absolute atomic E-state index is 13.0. The van der Waals surface area contributed by atoms with Crippen LogP contribution in [0.2, 0.25) is 0 Å². The van der Waals surface area contributed by atoms with Crippen LogP contribution in [0.1, 0.15) is 42.3 Å². The number of ether oxygens (including phenoxy) is 1. The average molecular weight is 381 g/mol. The van der Waals surface area contributed by atoms with Crippen LogP contribution in [-0.4, -0.2) is 32.7 Å². The predicted molar refractivity (Wildman–Crippen MR) is 93.2 cm³/mol. The first kappa shape index (κ1) is 19.5. The molecule has 0 amide bonds. The van der Waals surface area contributed by atoms with Gasteiger partial charge in [-0.1, -0.05) is 0 Å². The molecule has 1 atom stereocenters. The highest BCUT2D eigenvalue weighted by molar-refractivity contribution is 6.25. The maximum atomic E-state index is 13.0. The molecule has 7 nitrogen and oxygen atoms in total. The summed E-state index contributed by atoms with van der Waals surface area (Å²) in [5.41, 5.74) is -2.15. The van der Waals surface area contributed by atoms with Crippen LogP contribution in [0, 0.1) is 6.92 Å². The Kier molecular flexibility index (Phi) is 4.41. The minimum atomic E-state index is -1.59. The van der Waals surface area contributed by atoms with E-state index in [9.17, 15) is 29.7 Å². The van der Waals surface area contributed by atoms with Crippen LogP contribution in [0.25, 0.3) is 0 Å². The molecule has 0 saturated carbocycles. The van der Waals surface area contributed by atoms with Crippen molar-refractivity contribution in [3.63, 3.8) is 0 Å². The van der Waals surface area contributed by atoms with Crippen LogP contribution in [0.4, 0.5) is 0 Å². The van der Waals surface area contributed by atoms with Crippen LogP contribution in [0.15, 0.2) is 23.2 Å². The second-order valence-corrected chi connectivity index (χ2v) is 6.34. The van der Waals surface area contributed by atoms with E-state index in [-0.39, 0.29) is 40.6 Å². The predicted octanol–water partition coefficient (Wildman–Crippen LogP) is 2.55. The number of phenols is 2. The fourth-order valence-electron chi connectivity index (χ4n) is 3.36.